The first-order chi connectivity index (χ1) is 22.3. The molecule has 12 heteroatoms. The second-order valence-electron chi connectivity index (χ2n) is 12.0. The Morgan fingerprint density at radius 1 is 1.06 bits per heavy atom. The first-order valence-corrected chi connectivity index (χ1v) is 17.1. The number of amides is 1. The summed E-state index contributed by atoms with van der Waals surface area (Å²) in [6.07, 6.45) is 0. The molecule has 0 unspecified atom stereocenters. The van der Waals surface area contributed by atoms with E-state index in [1.807, 2.05) is 24.0 Å². The van der Waals surface area contributed by atoms with Gasteiger partial charge in [-0.1, -0.05) is 29.8 Å². The maximum Gasteiger partial charge on any atom is 0.330 e. The maximum atomic E-state index is 14.9. The first kappa shape index (κ1) is 32.0. The van der Waals surface area contributed by atoms with Crippen molar-refractivity contribution in [1.82, 2.24) is 9.29 Å². The number of halogens is 1. The van der Waals surface area contributed by atoms with E-state index < -0.39 is 27.3 Å². The monoisotopic (exact) mass is 670 g/mol. The summed E-state index contributed by atoms with van der Waals surface area (Å²) in [5, 5.41) is 14.8. The van der Waals surface area contributed by atoms with Gasteiger partial charge in [-0.25, -0.2) is 21.6 Å². The van der Waals surface area contributed by atoms with Crippen LogP contribution in [0.15, 0.2) is 83.1 Å². The molecule has 1 N–H and O–H groups in total. The summed E-state index contributed by atoms with van der Waals surface area (Å²) in [6, 6.07) is 21.7. The van der Waals surface area contributed by atoms with Crippen molar-refractivity contribution < 1.29 is 27.1 Å². The normalized spacial score (nSPS) is 13.7. The fraction of sp³-hybridized carbons (Fsp3) is 0.229. The predicted molar refractivity (Wildman–Crippen MR) is 179 cm³/mol. The van der Waals surface area contributed by atoms with Gasteiger partial charge in [0, 0.05) is 40.9 Å². The summed E-state index contributed by atoms with van der Waals surface area (Å²) in [4.78, 5) is 27.4. The fourth-order valence-corrected chi connectivity index (χ4v) is 8.08. The quantitative estimate of drug-likeness (QED) is 0.198. The number of carbonyl (C=O) groups is 2. The van der Waals surface area contributed by atoms with Crippen molar-refractivity contribution in [2.45, 2.75) is 31.2 Å². The fourth-order valence-electron chi connectivity index (χ4n) is 5.85. The molecule has 9 nitrogen and oxygen atoms in total. The van der Waals surface area contributed by atoms with Gasteiger partial charge in [0.15, 0.2) is 0 Å². The minimum absolute atomic E-state index is 0.0607. The Balaban J connectivity index is 1.48. The van der Waals surface area contributed by atoms with Crippen LogP contribution in [-0.4, -0.2) is 50.0 Å². The molecule has 0 radical (unpaired) electrons. The van der Waals surface area contributed by atoms with Crippen LogP contribution < -0.4 is 10.2 Å². The molecular formula is C35H31FN4O5S2. The second kappa shape index (κ2) is 12.0. The molecule has 1 amide bonds. The van der Waals surface area contributed by atoms with Crippen molar-refractivity contribution in [2.24, 2.45) is 5.92 Å². The predicted octanol–water partition coefficient (Wildman–Crippen LogP) is 6.10. The lowest BCUT2D eigenvalue weighted by atomic mass is 9.94. The molecule has 5 aromatic rings. The molecule has 1 aliphatic heterocycles. The zero-order chi connectivity index (χ0) is 33.7. The lowest BCUT2D eigenvalue weighted by Gasteiger charge is -2.41. The van der Waals surface area contributed by atoms with E-state index in [1.54, 1.807) is 49.6 Å². The van der Waals surface area contributed by atoms with E-state index in [9.17, 15) is 27.7 Å². The summed E-state index contributed by atoms with van der Waals surface area (Å²) in [5.41, 5.74) is 2.47. The molecule has 0 bridgehead atoms. The lowest BCUT2D eigenvalue weighted by molar-refractivity contribution is -0.150. The number of carbonyl (C=O) groups excluding carboxylic acids is 2. The first-order valence-electron chi connectivity index (χ1n) is 14.8. The highest BCUT2D eigenvalue weighted by molar-refractivity contribution is 7.90. The van der Waals surface area contributed by atoms with Gasteiger partial charge in [-0.05, 0) is 74.7 Å². The third kappa shape index (κ3) is 5.66. The number of thiophene rings is 1. The summed E-state index contributed by atoms with van der Waals surface area (Å²) >= 11 is 1.22. The van der Waals surface area contributed by atoms with E-state index in [-0.39, 0.29) is 27.9 Å². The molecule has 6 rings (SSSR count). The highest BCUT2D eigenvalue weighted by Crippen LogP contribution is 2.46. The minimum Gasteiger partial charge on any atom is -0.467 e. The molecule has 240 valence electrons. The van der Waals surface area contributed by atoms with Crippen molar-refractivity contribution in [3.05, 3.63) is 94.4 Å². The zero-order valence-corrected chi connectivity index (χ0v) is 27.7. The average Bonchev–Trinajstić information content (AvgIpc) is 3.62. The molecule has 3 heterocycles. The number of nitrogens with zero attached hydrogens (tertiary/aromatic N) is 3. The molecule has 0 spiro atoms. The van der Waals surface area contributed by atoms with E-state index in [2.05, 4.69) is 11.4 Å². The Hall–Kier alpha value is -4.99. The van der Waals surface area contributed by atoms with Crippen molar-refractivity contribution in [1.29, 1.82) is 5.26 Å². The van der Waals surface area contributed by atoms with Gasteiger partial charge in [-0.3, -0.25) is 4.79 Å². The smallest absolute Gasteiger partial charge is 0.330 e. The standard InChI is InChI=1S/C35H31FN4O5S2/c1-21-8-11-26(12-9-21)47(43,44)40-29-13-10-24(36)17-28(29)31(27-14-15-46-30(27)18-37)32(40)22-6-5-7-25(16-22)39-19-23(20-39)33(41)38-35(2,3)34(42)45-4/h5-17,23H,19-20H2,1-4H3,(H,38,41). The molecular weight excluding hydrogens is 640 g/mol. The Kier molecular flexibility index (Phi) is 8.15. The Morgan fingerprint density at radius 2 is 1.79 bits per heavy atom. The van der Waals surface area contributed by atoms with Gasteiger partial charge in [0.05, 0.1) is 29.1 Å². The summed E-state index contributed by atoms with van der Waals surface area (Å²) in [5.74, 6) is -1.74. The van der Waals surface area contributed by atoms with Crippen LogP contribution in [-0.2, 0) is 24.3 Å². The largest absolute Gasteiger partial charge is 0.467 e. The SMILES string of the molecule is COC(=O)C(C)(C)NC(=O)C1CN(c2cccc(-c3c(-c4ccsc4C#N)c4cc(F)ccc4n3S(=O)(=O)c3ccc(C)cc3)c2)C1. The number of ether oxygens (including phenoxy) is 1. The van der Waals surface area contributed by atoms with Crippen LogP contribution in [0.25, 0.3) is 33.3 Å². The number of hydrogen-bond acceptors (Lipinski definition) is 8. The van der Waals surface area contributed by atoms with Crippen molar-refractivity contribution in [3.63, 3.8) is 0 Å². The van der Waals surface area contributed by atoms with Gasteiger partial charge < -0.3 is 15.0 Å². The van der Waals surface area contributed by atoms with Crippen LogP contribution in [0.5, 0.6) is 0 Å². The molecule has 47 heavy (non-hydrogen) atoms. The molecule has 2 aromatic heterocycles. The number of methoxy groups -OCH3 is 1. The van der Waals surface area contributed by atoms with Gasteiger partial charge in [-0.15, -0.1) is 11.3 Å². The number of anilines is 1. The van der Waals surface area contributed by atoms with Crippen molar-refractivity contribution in [2.75, 3.05) is 25.1 Å². The highest BCUT2D eigenvalue weighted by Gasteiger charge is 2.38. The molecule has 1 aliphatic rings. The summed E-state index contributed by atoms with van der Waals surface area (Å²) < 4.78 is 49.8. The minimum atomic E-state index is -4.22. The summed E-state index contributed by atoms with van der Waals surface area (Å²) in [7, 11) is -2.96. The highest BCUT2D eigenvalue weighted by atomic mass is 32.2. The number of aryl methyl sites for hydroxylation is 1. The number of nitriles is 1. The van der Waals surface area contributed by atoms with Gasteiger partial charge in [0.2, 0.25) is 5.91 Å². The maximum absolute atomic E-state index is 14.9. The second-order valence-corrected chi connectivity index (χ2v) is 14.7. The third-order valence-electron chi connectivity index (χ3n) is 8.35. The van der Waals surface area contributed by atoms with Crippen LogP contribution in [0.1, 0.15) is 24.3 Å². The van der Waals surface area contributed by atoms with Crippen molar-refractivity contribution in [3.8, 4) is 28.5 Å². The molecule has 0 atom stereocenters. The third-order valence-corrected chi connectivity index (χ3v) is 10.9. The number of benzene rings is 3. The molecule has 1 fully saturated rings. The van der Waals surface area contributed by atoms with Crippen LogP contribution >= 0.6 is 11.3 Å². The summed E-state index contributed by atoms with van der Waals surface area (Å²) in [6.45, 7) is 5.77. The average molecular weight is 671 g/mol. The number of fused-ring (bicyclic) bond motifs is 1. The molecule has 0 saturated carbocycles. The molecule has 3 aromatic carbocycles. The van der Waals surface area contributed by atoms with Crippen LogP contribution in [0.3, 0.4) is 0 Å². The number of rotatable bonds is 8. The Labute approximate surface area is 275 Å². The van der Waals surface area contributed by atoms with Gasteiger partial charge in [0.1, 0.15) is 22.3 Å². The lowest BCUT2D eigenvalue weighted by Crippen LogP contribution is -2.59. The van der Waals surface area contributed by atoms with Crippen LogP contribution in [0, 0.1) is 30.0 Å². The van der Waals surface area contributed by atoms with Gasteiger partial charge in [0.25, 0.3) is 10.0 Å². The van der Waals surface area contributed by atoms with Gasteiger partial charge in [-0.2, -0.15) is 5.26 Å². The van der Waals surface area contributed by atoms with E-state index in [0.717, 1.165) is 11.3 Å². The number of nitrogens with one attached hydrogen (secondary N) is 1. The molecule has 1 saturated heterocycles. The van der Waals surface area contributed by atoms with E-state index in [1.165, 1.54) is 52.8 Å². The Bertz CT molecular complexity index is 2190. The van der Waals surface area contributed by atoms with Gasteiger partial charge >= 0.3 is 5.97 Å². The molecule has 0 aliphatic carbocycles. The van der Waals surface area contributed by atoms with E-state index in [4.69, 9.17) is 4.74 Å². The van der Waals surface area contributed by atoms with Crippen LogP contribution in [0.2, 0.25) is 0 Å². The van der Waals surface area contributed by atoms with Crippen LogP contribution in [0.4, 0.5) is 10.1 Å². The Morgan fingerprint density at radius 3 is 2.47 bits per heavy atom. The van der Waals surface area contributed by atoms with E-state index in [0.29, 0.717) is 40.0 Å². The number of aromatic nitrogens is 1. The van der Waals surface area contributed by atoms with E-state index >= 15 is 0 Å². The number of hydrogen-bond donors (Lipinski definition) is 1. The topological polar surface area (TPSA) is 122 Å². The van der Waals surface area contributed by atoms with Crippen molar-refractivity contribution >= 4 is 49.8 Å². The zero-order valence-electron chi connectivity index (χ0n) is 26.1. The number of esters is 1.